The van der Waals surface area contributed by atoms with Crippen molar-refractivity contribution in [2.75, 3.05) is 0 Å². The number of rotatable bonds is 2. The molecule has 0 N–H and O–H groups in total. The molecule has 0 atom stereocenters. The van der Waals surface area contributed by atoms with E-state index in [4.69, 9.17) is 0 Å². The largest absolute Gasteiger partial charge is 0.417 e. The van der Waals surface area contributed by atoms with Crippen LogP contribution < -0.4 is 0 Å². The summed E-state index contributed by atoms with van der Waals surface area (Å²) in [6.07, 6.45) is -10.3. The van der Waals surface area contributed by atoms with Crippen molar-refractivity contribution in [3.05, 3.63) is 83.9 Å². The Balaban J connectivity index is 2.41. The van der Waals surface area contributed by atoms with Crippen molar-refractivity contribution < 1.29 is 26.3 Å². The normalized spacial score (nSPS) is 12.2. The van der Waals surface area contributed by atoms with Crippen LogP contribution in [0.25, 0.3) is 22.3 Å². The summed E-state index contributed by atoms with van der Waals surface area (Å²) >= 11 is 0. The molecule has 0 aliphatic heterocycles. The number of halogens is 6. The highest BCUT2D eigenvalue weighted by Crippen LogP contribution is 2.48. The zero-order valence-electron chi connectivity index (χ0n) is 13.2. The van der Waals surface area contributed by atoms with Gasteiger partial charge in [0.25, 0.3) is 0 Å². The van der Waals surface area contributed by atoms with E-state index in [-0.39, 0.29) is 11.1 Å². The molecule has 3 aromatic carbocycles. The van der Waals surface area contributed by atoms with Gasteiger partial charge >= 0.3 is 12.4 Å². The fourth-order valence-electron chi connectivity index (χ4n) is 2.91. The van der Waals surface area contributed by atoms with Crippen molar-refractivity contribution in [2.45, 2.75) is 12.4 Å². The molecule has 0 radical (unpaired) electrons. The van der Waals surface area contributed by atoms with Crippen LogP contribution in [0.15, 0.2) is 72.8 Å². The first kappa shape index (κ1) is 18.0. The van der Waals surface area contributed by atoms with Gasteiger partial charge in [0.15, 0.2) is 0 Å². The molecule has 0 nitrogen and oxygen atoms in total. The predicted octanol–water partition coefficient (Wildman–Crippen LogP) is 7.06. The lowest BCUT2D eigenvalue weighted by molar-refractivity contribution is -0.161. The van der Waals surface area contributed by atoms with Gasteiger partial charge in [0.1, 0.15) is 0 Å². The van der Waals surface area contributed by atoms with E-state index in [2.05, 4.69) is 0 Å². The first-order chi connectivity index (χ1) is 12.2. The summed E-state index contributed by atoms with van der Waals surface area (Å²) in [5, 5.41) is 0. The van der Waals surface area contributed by atoms with Crippen LogP contribution in [0.3, 0.4) is 0 Å². The fraction of sp³-hybridized carbons (Fsp3) is 0.100. The lowest BCUT2D eigenvalue weighted by Gasteiger charge is -2.22. The first-order valence-electron chi connectivity index (χ1n) is 7.62. The molecule has 0 saturated carbocycles. The summed E-state index contributed by atoms with van der Waals surface area (Å²) < 4.78 is 82.3. The Morgan fingerprint density at radius 3 is 1.00 bits per heavy atom. The third-order valence-corrected chi connectivity index (χ3v) is 3.94. The Bertz CT molecular complexity index is 817. The Kier molecular flexibility index (Phi) is 4.52. The van der Waals surface area contributed by atoms with Gasteiger partial charge < -0.3 is 0 Å². The molecule has 0 heterocycles. The van der Waals surface area contributed by atoms with Crippen molar-refractivity contribution in [2.24, 2.45) is 0 Å². The van der Waals surface area contributed by atoms with Gasteiger partial charge in [0.05, 0.1) is 11.1 Å². The maximum Gasteiger partial charge on any atom is 0.417 e. The molecule has 0 aliphatic rings. The van der Waals surface area contributed by atoms with E-state index >= 15 is 0 Å². The minimum absolute atomic E-state index is 0.0740. The second kappa shape index (κ2) is 6.52. The summed E-state index contributed by atoms with van der Waals surface area (Å²) in [5.41, 5.74) is -4.18. The second-order valence-electron chi connectivity index (χ2n) is 5.64. The summed E-state index contributed by atoms with van der Waals surface area (Å²) in [6.45, 7) is 0. The van der Waals surface area contributed by atoms with Crippen LogP contribution in [0.5, 0.6) is 0 Å². The highest BCUT2D eigenvalue weighted by Gasteiger charge is 2.46. The topological polar surface area (TPSA) is 0 Å². The standard InChI is InChI=1S/C20H12F6/c21-19(22,23)17-15(13-7-3-1-4-8-13)11-12-16(18(17)20(24,25)26)14-9-5-2-6-10-14/h1-12H. The molecule has 0 unspecified atom stereocenters. The highest BCUT2D eigenvalue weighted by molar-refractivity contribution is 5.78. The van der Waals surface area contributed by atoms with Crippen LogP contribution in [-0.4, -0.2) is 0 Å². The lowest BCUT2D eigenvalue weighted by atomic mass is 9.88. The van der Waals surface area contributed by atoms with Gasteiger partial charge in [0.2, 0.25) is 0 Å². The van der Waals surface area contributed by atoms with Crippen LogP contribution in [-0.2, 0) is 12.4 Å². The van der Waals surface area contributed by atoms with Crippen molar-refractivity contribution in [1.82, 2.24) is 0 Å². The molecule has 0 spiro atoms. The first-order valence-corrected chi connectivity index (χ1v) is 7.62. The predicted molar refractivity (Wildman–Crippen MR) is 87.3 cm³/mol. The Hall–Kier alpha value is -2.76. The lowest BCUT2D eigenvalue weighted by Crippen LogP contribution is -2.19. The number of hydrogen-bond acceptors (Lipinski definition) is 0. The maximum atomic E-state index is 13.7. The van der Waals surface area contributed by atoms with Gasteiger partial charge in [0, 0.05) is 0 Å². The van der Waals surface area contributed by atoms with Crippen molar-refractivity contribution in [3.63, 3.8) is 0 Å². The molecule has 6 heteroatoms. The number of benzene rings is 3. The van der Waals surface area contributed by atoms with Gasteiger partial charge in [-0.3, -0.25) is 0 Å². The van der Waals surface area contributed by atoms with Gasteiger partial charge in [-0.25, -0.2) is 0 Å². The zero-order valence-corrected chi connectivity index (χ0v) is 13.2. The zero-order chi connectivity index (χ0) is 18.9. The van der Waals surface area contributed by atoms with Crippen molar-refractivity contribution in [1.29, 1.82) is 0 Å². The molecule has 0 aliphatic carbocycles. The molecule has 0 bridgehead atoms. The highest BCUT2D eigenvalue weighted by atomic mass is 19.4. The van der Waals surface area contributed by atoms with Gasteiger partial charge in [-0.15, -0.1) is 0 Å². The molecule has 0 fully saturated rings. The van der Waals surface area contributed by atoms with Crippen LogP contribution in [0, 0.1) is 0 Å². The molecule has 26 heavy (non-hydrogen) atoms. The third kappa shape index (κ3) is 3.45. The Morgan fingerprint density at radius 2 is 0.731 bits per heavy atom. The van der Waals surface area contributed by atoms with E-state index in [0.29, 0.717) is 0 Å². The SMILES string of the molecule is FC(F)(F)c1c(-c2ccccc2)ccc(-c2ccccc2)c1C(F)(F)F. The third-order valence-electron chi connectivity index (χ3n) is 3.94. The summed E-state index contributed by atoms with van der Waals surface area (Å²) in [4.78, 5) is 0. The van der Waals surface area contributed by atoms with Crippen molar-refractivity contribution in [3.8, 4) is 22.3 Å². The summed E-state index contributed by atoms with van der Waals surface area (Å²) in [6, 6.07) is 16.7. The van der Waals surface area contributed by atoms with Crippen LogP contribution in [0.1, 0.15) is 11.1 Å². The van der Waals surface area contributed by atoms with E-state index in [9.17, 15) is 26.3 Å². The fourth-order valence-corrected chi connectivity index (χ4v) is 2.91. The Morgan fingerprint density at radius 1 is 0.423 bits per heavy atom. The summed E-state index contributed by atoms with van der Waals surface area (Å²) in [7, 11) is 0. The molecule has 0 amide bonds. The van der Waals surface area contributed by atoms with E-state index < -0.39 is 34.6 Å². The van der Waals surface area contributed by atoms with Gasteiger partial charge in [-0.2, -0.15) is 26.3 Å². The minimum atomic E-state index is -5.17. The average molecular weight is 366 g/mol. The second-order valence-corrected chi connectivity index (χ2v) is 5.64. The summed E-state index contributed by atoms with van der Waals surface area (Å²) in [5.74, 6) is 0. The van der Waals surface area contributed by atoms with Crippen LogP contribution >= 0.6 is 0 Å². The van der Waals surface area contributed by atoms with Gasteiger partial charge in [-0.1, -0.05) is 72.8 Å². The molecule has 134 valence electrons. The molecule has 0 saturated heterocycles. The number of hydrogen-bond donors (Lipinski definition) is 0. The molecule has 3 aromatic rings. The van der Waals surface area contributed by atoms with E-state index in [1.54, 1.807) is 12.1 Å². The smallest absolute Gasteiger partial charge is 0.166 e. The van der Waals surface area contributed by atoms with Crippen molar-refractivity contribution >= 4 is 0 Å². The molecular weight excluding hydrogens is 354 g/mol. The monoisotopic (exact) mass is 366 g/mol. The molecule has 0 aromatic heterocycles. The molecule has 3 rings (SSSR count). The Labute approximate surface area is 145 Å². The van der Waals surface area contributed by atoms with Crippen LogP contribution in [0.2, 0.25) is 0 Å². The maximum absolute atomic E-state index is 13.7. The molecular formula is C20H12F6. The number of alkyl halides is 6. The van der Waals surface area contributed by atoms with Crippen LogP contribution in [0.4, 0.5) is 26.3 Å². The van der Waals surface area contributed by atoms with Gasteiger partial charge in [-0.05, 0) is 22.3 Å². The average Bonchev–Trinajstić information content (AvgIpc) is 2.60. The van der Waals surface area contributed by atoms with E-state index in [0.717, 1.165) is 12.1 Å². The van der Waals surface area contributed by atoms with E-state index in [1.165, 1.54) is 48.5 Å². The quantitative estimate of drug-likeness (QED) is 0.426. The minimum Gasteiger partial charge on any atom is -0.166 e. The van der Waals surface area contributed by atoms with E-state index in [1.807, 2.05) is 0 Å².